The smallest absolute Gasteiger partial charge is 0.0588 e. The third kappa shape index (κ3) is 1.98. The maximum Gasteiger partial charge on any atom is 0.0588 e. The SMILES string of the molecule is NCc1cccc(C2(C3CCCCC3)COC2)c1. The van der Waals surface area contributed by atoms with Crippen LogP contribution in [0, 0.1) is 5.92 Å². The lowest BCUT2D eigenvalue weighted by Gasteiger charge is -2.49. The van der Waals surface area contributed by atoms with Crippen molar-refractivity contribution in [2.24, 2.45) is 11.7 Å². The molecule has 0 amide bonds. The molecule has 1 aromatic carbocycles. The summed E-state index contributed by atoms with van der Waals surface area (Å²) >= 11 is 0. The predicted octanol–water partition coefficient (Wildman–Crippen LogP) is 2.99. The molecule has 1 aliphatic heterocycles. The van der Waals surface area contributed by atoms with Gasteiger partial charge in [0.15, 0.2) is 0 Å². The van der Waals surface area contributed by atoms with Crippen LogP contribution in [0.3, 0.4) is 0 Å². The summed E-state index contributed by atoms with van der Waals surface area (Å²) in [6, 6.07) is 8.85. The van der Waals surface area contributed by atoms with Crippen LogP contribution >= 0.6 is 0 Å². The molecular formula is C16H23NO. The van der Waals surface area contributed by atoms with Gasteiger partial charge in [0, 0.05) is 12.0 Å². The summed E-state index contributed by atoms with van der Waals surface area (Å²) < 4.78 is 5.59. The van der Waals surface area contributed by atoms with E-state index in [1.165, 1.54) is 43.2 Å². The number of ether oxygens (including phenoxy) is 1. The summed E-state index contributed by atoms with van der Waals surface area (Å²) in [6.07, 6.45) is 6.94. The lowest BCUT2D eigenvalue weighted by atomic mass is 9.63. The molecule has 2 N–H and O–H groups in total. The summed E-state index contributed by atoms with van der Waals surface area (Å²) in [5.74, 6) is 0.813. The minimum absolute atomic E-state index is 0.297. The van der Waals surface area contributed by atoms with Crippen LogP contribution in [0.4, 0.5) is 0 Å². The minimum atomic E-state index is 0.297. The third-order valence-electron chi connectivity index (χ3n) is 4.84. The van der Waals surface area contributed by atoms with Gasteiger partial charge < -0.3 is 10.5 Å². The first kappa shape index (κ1) is 12.2. The highest BCUT2D eigenvalue weighted by Gasteiger charge is 2.46. The normalized spacial score (nSPS) is 23.6. The Morgan fingerprint density at radius 2 is 1.94 bits per heavy atom. The Balaban J connectivity index is 1.89. The average Bonchev–Trinajstić information content (AvgIpc) is 2.39. The number of hydrogen-bond donors (Lipinski definition) is 1. The molecule has 0 radical (unpaired) electrons. The van der Waals surface area contributed by atoms with Crippen molar-refractivity contribution in [2.75, 3.05) is 13.2 Å². The highest BCUT2D eigenvalue weighted by atomic mass is 16.5. The molecule has 98 valence electrons. The van der Waals surface area contributed by atoms with Crippen molar-refractivity contribution in [3.63, 3.8) is 0 Å². The Labute approximate surface area is 110 Å². The molecule has 1 aliphatic carbocycles. The quantitative estimate of drug-likeness (QED) is 0.888. The molecule has 0 atom stereocenters. The van der Waals surface area contributed by atoms with Crippen LogP contribution in [0.1, 0.15) is 43.2 Å². The van der Waals surface area contributed by atoms with E-state index in [1.807, 2.05) is 0 Å². The number of rotatable bonds is 3. The van der Waals surface area contributed by atoms with Crippen LogP contribution in [-0.2, 0) is 16.7 Å². The molecule has 0 spiro atoms. The third-order valence-corrected chi connectivity index (χ3v) is 4.84. The van der Waals surface area contributed by atoms with Gasteiger partial charge in [0.05, 0.1) is 13.2 Å². The number of hydrogen-bond acceptors (Lipinski definition) is 2. The molecule has 2 aliphatic rings. The molecule has 2 nitrogen and oxygen atoms in total. The van der Waals surface area contributed by atoms with Crippen LogP contribution in [0.5, 0.6) is 0 Å². The first-order valence-electron chi connectivity index (χ1n) is 7.22. The molecule has 0 unspecified atom stereocenters. The lowest BCUT2D eigenvalue weighted by Crippen LogP contribution is -2.53. The molecule has 0 bridgehead atoms. The van der Waals surface area contributed by atoms with E-state index in [9.17, 15) is 0 Å². The van der Waals surface area contributed by atoms with E-state index in [4.69, 9.17) is 10.5 Å². The van der Waals surface area contributed by atoms with E-state index in [1.54, 1.807) is 0 Å². The Bertz CT molecular complexity index is 405. The Morgan fingerprint density at radius 1 is 1.17 bits per heavy atom. The topological polar surface area (TPSA) is 35.2 Å². The summed E-state index contributed by atoms with van der Waals surface area (Å²) in [5.41, 5.74) is 8.77. The van der Waals surface area contributed by atoms with Crippen molar-refractivity contribution < 1.29 is 4.74 Å². The highest BCUT2D eigenvalue weighted by molar-refractivity contribution is 5.33. The van der Waals surface area contributed by atoms with E-state index in [-0.39, 0.29) is 0 Å². The van der Waals surface area contributed by atoms with Crippen LogP contribution in [-0.4, -0.2) is 13.2 Å². The second-order valence-corrected chi connectivity index (χ2v) is 5.89. The fourth-order valence-electron chi connectivity index (χ4n) is 3.62. The van der Waals surface area contributed by atoms with Crippen LogP contribution < -0.4 is 5.73 Å². The second kappa shape index (κ2) is 5.02. The number of benzene rings is 1. The van der Waals surface area contributed by atoms with Gasteiger partial charge in [-0.3, -0.25) is 0 Å². The summed E-state index contributed by atoms with van der Waals surface area (Å²) in [4.78, 5) is 0. The lowest BCUT2D eigenvalue weighted by molar-refractivity contribution is -0.0977. The van der Waals surface area contributed by atoms with Crippen LogP contribution in [0.25, 0.3) is 0 Å². The van der Waals surface area contributed by atoms with Gasteiger partial charge in [0.25, 0.3) is 0 Å². The van der Waals surface area contributed by atoms with Gasteiger partial charge in [-0.25, -0.2) is 0 Å². The first-order valence-corrected chi connectivity index (χ1v) is 7.22. The maximum absolute atomic E-state index is 5.77. The largest absolute Gasteiger partial charge is 0.379 e. The molecule has 18 heavy (non-hydrogen) atoms. The van der Waals surface area contributed by atoms with Crippen molar-refractivity contribution >= 4 is 0 Å². The highest BCUT2D eigenvalue weighted by Crippen LogP contribution is 2.46. The fourth-order valence-corrected chi connectivity index (χ4v) is 3.62. The molecular weight excluding hydrogens is 222 g/mol. The summed E-state index contributed by atoms with van der Waals surface area (Å²) in [6.45, 7) is 2.45. The van der Waals surface area contributed by atoms with Crippen molar-refractivity contribution in [1.82, 2.24) is 0 Å². The van der Waals surface area contributed by atoms with Gasteiger partial charge in [-0.2, -0.15) is 0 Å². The standard InChI is InChI=1S/C16H23NO/c17-10-13-5-4-8-15(9-13)16(11-18-12-16)14-6-2-1-3-7-14/h4-5,8-9,14H,1-3,6-7,10-12,17H2. The van der Waals surface area contributed by atoms with Crippen LogP contribution in [0.15, 0.2) is 24.3 Å². The molecule has 1 heterocycles. The van der Waals surface area contributed by atoms with Gasteiger partial charge in [-0.05, 0) is 29.9 Å². The molecule has 2 heteroatoms. The first-order chi connectivity index (χ1) is 8.85. The van der Waals surface area contributed by atoms with Gasteiger partial charge in [-0.1, -0.05) is 43.5 Å². The monoisotopic (exact) mass is 245 g/mol. The zero-order valence-electron chi connectivity index (χ0n) is 11.0. The Kier molecular flexibility index (Phi) is 3.40. The van der Waals surface area contributed by atoms with Crippen molar-refractivity contribution in [3.05, 3.63) is 35.4 Å². The van der Waals surface area contributed by atoms with Crippen molar-refractivity contribution in [2.45, 2.75) is 44.1 Å². The van der Waals surface area contributed by atoms with E-state index in [0.717, 1.165) is 19.1 Å². The van der Waals surface area contributed by atoms with E-state index in [2.05, 4.69) is 24.3 Å². The van der Waals surface area contributed by atoms with Crippen molar-refractivity contribution in [1.29, 1.82) is 0 Å². The van der Waals surface area contributed by atoms with Gasteiger partial charge >= 0.3 is 0 Å². The van der Waals surface area contributed by atoms with Gasteiger partial charge in [-0.15, -0.1) is 0 Å². The van der Waals surface area contributed by atoms with Crippen molar-refractivity contribution in [3.8, 4) is 0 Å². The molecule has 1 saturated carbocycles. The Hall–Kier alpha value is -0.860. The van der Waals surface area contributed by atoms with Gasteiger partial charge in [0.2, 0.25) is 0 Å². The predicted molar refractivity (Wildman–Crippen MR) is 73.4 cm³/mol. The van der Waals surface area contributed by atoms with Crippen LogP contribution in [0.2, 0.25) is 0 Å². The molecule has 0 aromatic heterocycles. The van der Waals surface area contributed by atoms with Gasteiger partial charge in [0.1, 0.15) is 0 Å². The van der Waals surface area contributed by atoms with E-state index >= 15 is 0 Å². The fraction of sp³-hybridized carbons (Fsp3) is 0.625. The molecule has 1 saturated heterocycles. The molecule has 3 rings (SSSR count). The second-order valence-electron chi connectivity index (χ2n) is 5.89. The minimum Gasteiger partial charge on any atom is -0.379 e. The summed E-state index contributed by atoms with van der Waals surface area (Å²) in [5, 5.41) is 0. The molecule has 2 fully saturated rings. The zero-order valence-corrected chi connectivity index (χ0v) is 11.0. The van der Waals surface area contributed by atoms with E-state index < -0.39 is 0 Å². The number of nitrogens with two attached hydrogens (primary N) is 1. The summed E-state index contributed by atoms with van der Waals surface area (Å²) in [7, 11) is 0. The van der Waals surface area contributed by atoms with E-state index in [0.29, 0.717) is 12.0 Å². The zero-order chi connectivity index (χ0) is 12.4. The Morgan fingerprint density at radius 3 is 2.56 bits per heavy atom. The molecule has 1 aromatic rings. The average molecular weight is 245 g/mol. The maximum atomic E-state index is 5.77.